The molecule has 126 valence electrons. The van der Waals surface area contributed by atoms with Crippen LogP contribution in [-0.4, -0.2) is 20.4 Å². The Morgan fingerprint density at radius 3 is 2.56 bits per heavy atom. The third-order valence-corrected chi connectivity index (χ3v) is 3.94. The molecule has 3 aromatic rings. The Hall–Kier alpha value is -2.99. The predicted octanol–water partition coefficient (Wildman–Crippen LogP) is 3.26. The number of nitrogens with zero attached hydrogens (tertiary/aromatic N) is 3. The van der Waals surface area contributed by atoms with E-state index in [1.807, 2.05) is 72.3 Å². The first kappa shape index (κ1) is 16.9. The van der Waals surface area contributed by atoms with E-state index in [2.05, 4.69) is 20.8 Å². The summed E-state index contributed by atoms with van der Waals surface area (Å²) >= 11 is 5.26. The summed E-state index contributed by atoms with van der Waals surface area (Å²) in [6.07, 6.45) is 5.44. The SMILES string of the molecule is C/C(=N\NC(=S)NCc1ccccc1)c1ccc(-n2ccnc2)cc1. The van der Waals surface area contributed by atoms with Gasteiger partial charge in [0, 0.05) is 24.6 Å². The van der Waals surface area contributed by atoms with Crippen LogP contribution < -0.4 is 10.7 Å². The van der Waals surface area contributed by atoms with Crippen LogP contribution in [0.5, 0.6) is 0 Å². The highest BCUT2D eigenvalue weighted by Crippen LogP contribution is 2.10. The molecule has 0 amide bonds. The Morgan fingerprint density at radius 2 is 1.88 bits per heavy atom. The van der Waals surface area contributed by atoms with Gasteiger partial charge < -0.3 is 9.88 Å². The van der Waals surface area contributed by atoms with Gasteiger partial charge in [-0.1, -0.05) is 42.5 Å². The van der Waals surface area contributed by atoms with Crippen LogP contribution in [0.15, 0.2) is 78.4 Å². The van der Waals surface area contributed by atoms with E-state index in [-0.39, 0.29) is 0 Å². The molecule has 0 unspecified atom stereocenters. The second kappa shape index (κ2) is 8.21. The fourth-order valence-corrected chi connectivity index (χ4v) is 2.42. The molecule has 0 radical (unpaired) electrons. The molecule has 1 heterocycles. The maximum atomic E-state index is 5.26. The summed E-state index contributed by atoms with van der Waals surface area (Å²) in [7, 11) is 0. The number of imidazole rings is 1. The first-order valence-corrected chi connectivity index (χ1v) is 8.34. The van der Waals surface area contributed by atoms with Crippen molar-refractivity contribution in [3.05, 3.63) is 84.4 Å². The number of hydrogen-bond donors (Lipinski definition) is 2. The van der Waals surface area contributed by atoms with Gasteiger partial charge in [-0.25, -0.2) is 4.98 Å². The molecule has 0 spiro atoms. The van der Waals surface area contributed by atoms with Crippen LogP contribution in [0.3, 0.4) is 0 Å². The van der Waals surface area contributed by atoms with Crippen LogP contribution in [0, 0.1) is 0 Å². The molecule has 2 aromatic carbocycles. The van der Waals surface area contributed by atoms with Crippen molar-refractivity contribution in [1.29, 1.82) is 0 Å². The van der Waals surface area contributed by atoms with Gasteiger partial charge in [-0.3, -0.25) is 5.43 Å². The third-order valence-electron chi connectivity index (χ3n) is 3.71. The van der Waals surface area contributed by atoms with Gasteiger partial charge in [0.1, 0.15) is 0 Å². The summed E-state index contributed by atoms with van der Waals surface area (Å²) in [4.78, 5) is 4.05. The Labute approximate surface area is 152 Å². The van der Waals surface area contributed by atoms with Gasteiger partial charge in [-0.05, 0) is 42.4 Å². The number of nitrogens with one attached hydrogen (secondary N) is 2. The number of rotatable bonds is 5. The highest BCUT2D eigenvalue weighted by molar-refractivity contribution is 7.80. The van der Waals surface area contributed by atoms with Crippen LogP contribution >= 0.6 is 12.2 Å². The van der Waals surface area contributed by atoms with E-state index >= 15 is 0 Å². The minimum Gasteiger partial charge on any atom is -0.357 e. The molecule has 3 rings (SSSR count). The van der Waals surface area contributed by atoms with E-state index in [0.717, 1.165) is 17.0 Å². The second-order valence-corrected chi connectivity index (χ2v) is 5.90. The summed E-state index contributed by atoms with van der Waals surface area (Å²) in [5.41, 5.74) is 7.00. The van der Waals surface area contributed by atoms with Crippen molar-refractivity contribution in [1.82, 2.24) is 20.3 Å². The molecule has 5 nitrogen and oxygen atoms in total. The zero-order chi connectivity index (χ0) is 17.5. The van der Waals surface area contributed by atoms with Crippen molar-refractivity contribution in [2.75, 3.05) is 0 Å². The molecule has 0 fully saturated rings. The average molecular weight is 349 g/mol. The van der Waals surface area contributed by atoms with Crippen LogP contribution in [0.1, 0.15) is 18.1 Å². The minimum absolute atomic E-state index is 0.498. The Kier molecular flexibility index (Phi) is 5.53. The van der Waals surface area contributed by atoms with Crippen LogP contribution in [0.2, 0.25) is 0 Å². The number of aromatic nitrogens is 2. The molecule has 0 aliphatic heterocycles. The molecule has 0 saturated carbocycles. The first-order chi connectivity index (χ1) is 12.2. The van der Waals surface area contributed by atoms with Crippen molar-refractivity contribution in [2.24, 2.45) is 5.10 Å². The van der Waals surface area contributed by atoms with E-state index in [1.54, 1.807) is 12.5 Å². The normalized spacial score (nSPS) is 11.2. The van der Waals surface area contributed by atoms with Crippen LogP contribution in [0.25, 0.3) is 5.69 Å². The Bertz CT molecular complexity index is 839. The zero-order valence-electron chi connectivity index (χ0n) is 13.9. The number of hydrogen-bond acceptors (Lipinski definition) is 3. The number of thiocarbonyl (C=S) groups is 1. The van der Waals surface area contributed by atoms with Crippen LogP contribution in [-0.2, 0) is 6.54 Å². The van der Waals surface area contributed by atoms with Gasteiger partial charge in [-0.15, -0.1) is 0 Å². The first-order valence-electron chi connectivity index (χ1n) is 7.93. The van der Waals surface area contributed by atoms with Crippen molar-refractivity contribution < 1.29 is 0 Å². The van der Waals surface area contributed by atoms with E-state index in [0.29, 0.717) is 11.7 Å². The molecule has 0 atom stereocenters. The zero-order valence-corrected chi connectivity index (χ0v) is 14.7. The predicted molar refractivity (Wildman–Crippen MR) is 105 cm³/mol. The average Bonchev–Trinajstić information content (AvgIpc) is 3.20. The van der Waals surface area contributed by atoms with E-state index in [9.17, 15) is 0 Å². The molecule has 25 heavy (non-hydrogen) atoms. The van der Waals surface area contributed by atoms with E-state index in [4.69, 9.17) is 12.2 Å². The van der Waals surface area contributed by atoms with Gasteiger partial charge in [0.2, 0.25) is 0 Å². The fourth-order valence-electron chi connectivity index (χ4n) is 2.30. The van der Waals surface area contributed by atoms with Gasteiger partial charge in [0.15, 0.2) is 5.11 Å². The highest BCUT2D eigenvalue weighted by atomic mass is 32.1. The quantitative estimate of drug-likeness (QED) is 0.422. The monoisotopic (exact) mass is 349 g/mol. The molecule has 1 aromatic heterocycles. The van der Waals surface area contributed by atoms with Gasteiger partial charge in [0.05, 0.1) is 12.0 Å². The summed E-state index contributed by atoms with van der Waals surface area (Å²) in [6.45, 7) is 2.61. The lowest BCUT2D eigenvalue weighted by Crippen LogP contribution is -2.32. The standard InChI is InChI=1S/C19H19N5S/c1-15(17-7-9-18(10-8-17)24-12-11-20-14-24)22-23-19(25)21-13-16-5-3-2-4-6-16/h2-12,14H,13H2,1H3,(H2,21,23,25)/b22-15+. The highest BCUT2D eigenvalue weighted by Gasteiger charge is 2.01. The molecule has 0 aliphatic carbocycles. The summed E-state index contributed by atoms with van der Waals surface area (Å²) in [6, 6.07) is 18.2. The van der Waals surface area contributed by atoms with Crippen molar-refractivity contribution in [3.63, 3.8) is 0 Å². The largest absolute Gasteiger partial charge is 0.357 e. The molecule has 0 bridgehead atoms. The van der Waals surface area contributed by atoms with Crippen molar-refractivity contribution in [3.8, 4) is 5.69 Å². The molecule has 0 aliphatic rings. The smallest absolute Gasteiger partial charge is 0.187 e. The Balaban J connectivity index is 1.55. The lowest BCUT2D eigenvalue weighted by atomic mass is 10.1. The van der Waals surface area contributed by atoms with Crippen molar-refractivity contribution in [2.45, 2.75) is 13.5 Å². The summed E-state index contributed by atoms with van der Waals surface area (Å²) in [5, 5.41) is 7.98. The molecular formula is C19H19N5S. The second-order valence-electron chi connectivity index (χ2n) is 5.49. The van der Waals surface area contributed by atoms with Gasteiger partial charge >= 0.3 is 0 Å². The lowest BCUT2D eigenvalue weighted by Gasteiger charge is -2.08. The molecule has 0 saturated heterocycles. The third kappa shape index (κ3) is 4.74. The lowest BCUT2D eigenvalue weighted by molar-refractivity contribution is 0.866. The minimum atomic E-state index is 0.498. The number of hydrazone groups is 1. The maximum Gasteiger partial charge on any atom is 0.187 e. The van der Waals surface area contributed by atoms with E-state index < -0.39 is 0 Å². The van der Waals surface area contributed by atoms with Crippen LogP contribution in [0.4, 0.5) is 0 Å². The Morgan fingerprint density at radius 1 is 1.12 bits per heavy atom. The summed E-state index contributed by atoms with van der Waals surface area (Å²) < 4.78 is 1.96. The van der Waals surface area contributed by atoms with E-state index in [1.165, 1.54) is 5.56 Å². The molecule has 2 N–H and O–H groups in total. The van der Waals surface area contributed by atoms with Crippen molar-refractivity contribution >= 4 is 23.0 Å². The number of benzene rings is 2. The maximum absolute atomic E-state index is 5.26. The van der Waals surface area contributed by atoms with Gasteiger partial charge in [0.25, 0.3) is 0 Å². The summed E-state index contributed by atoms with van der Waals surface area (Å²) in [5.74, 6) is 0. The fraction of sp³-hybridized carbons (Fsp3) is 0.105. The molecular weight excluding hydrogens is 330 g/mol. The molecule has 6 heteroatoms. The van der Waals surface area contributed by atoms with Gasteiger partial charge in [-0.2, -0.15) is 5.10 Å². The topological polar surface area (TPSA) is 54.2 Å².